The molecule has 0 heterocycles. The fraction of sp³-hybridized carbons (Fsp3) is 1.00. The maximum Gasteiger partial charge on any atom is 0.0930 e. The van der Waals surface area contributed by atoms with Gasteiger partial charge in [-0.1, -0.05) is 33.1 Å². The summed E-state index contributed by atoms with van der Waals surface area (Å²) < 4.78 is 0. The molecule has 0 saturated carbocycles. The number of hydrogen-bond acceptors (Lipinski definition) is 0. The smallest absolute Gasteiger partial charge is 0.0930 e. The maximum atomic E-state index is 10.9. The minimum absolute atomic E-state index is 0.282. The minimum Gasteiger partial charge on any atom is -0.233 e. The minimum atomic E-state index is -0.282. The molecule has 0 rings (SSSR count). The zero-order valence-electron chi connectivity index (χ0n) is 6.52. The lowest BCUT2D eigenvalue weighted by molar-refractivity contribution is 0.0711. The summed E-state index contributed by atoms with van der Waals surface area (Å²) in [4.78, 5) is 0. The maximum absolute atomic E-state index is 10.9. The third kappa shape index (κ3) is 5.84. The second-order valence-corrected chi connectivity index (χ2v) is 2.55. The van der Waals surface area contributed by atoms with Gasteiger partial charge in [0, 0.05) is 0 Å². The fourth-order valence-electron chi connectivity index (χ4n) is 0.898. The van der Waals surface area contributed by atoms with Gasteiger partial charge in [0.15, 0.2) is 0 Å². The molecule has 0 aromatic heterocycles. The van der Waals surface area contributed by atoms with Crippen molar-refractivity contribution in [3.8, 4) is 0 Å². The van der Waals surface area contributed by atoms with Crippen molar-refractivity contribution in [3.05, 3.63) is 0 Å². The van der Waals surface area contributed by atoms with Gasteiger partial charge in [-0.25, -0.2) is 5.11 Å². The molecule has 0 spiro atoms. The van der Waals surface area contributed by atoms with Crippen molar-refractivity contribution in [1.29, 1.82) is 0 Å². The molecule has 9 heavy (non-hydrogen) atoms. The first kappa shape index (κ1) is 8.96. The molecule has 0 fully saturated rings. The number of hydrogen-bond donors (Lipinski definition) is 0. The van der Waals surface area contributed by atoms with Gasteiger partial charge < -0.3 is 0 Å². The van der Waals surface area contributed by atoms with Crippen LogP contribution in [0.4, 0.5) is 0 Å². The van der Waals surface area contributed by atoms with Crippen LogP contribution < -0.4 is 0 Å². The van der Waals surface area contributed by atoms with Crippen molar-refractivity contribution in [2.24, 2.45) is 0 Å². The van der Waals surface area contributed by atoms with E-state index in [-0.39, 0.29) is 6.10 Å². The Labute approximate surface area is 58.1 Å². The van der Waals surface area contributed by atoms with Crippen LogP contribution in [0.1, 0.15) is 46.0 Å². The topological polar surface area (TPSA) is 19.9 Å². The van der Waals surface area contributed by atoms with Gasteiger partial charge in [0.1, 0.15) is 0 Å². The van der Waals surface area contributed by atoms with Gasteiger partial charge in [0.05, 0.1) is 6.10 Å². The zero-order chi connectivity index (χ0) is 7.11. The van der Waals surface area contributed by atoms with Crippen LogP contribution in [-0.2, 0) is 5.11 Å². The van der Waals surface area contributed by atoms with Crippen molar-refractivity contribution >= 4 is 0 Å². The highest BCUT2D eigenvalue weighted by Gasteiger charge is 2.01. The fourth-order valence-corrected chi connectivity index (χ4v) is 0.898. The normalized spacial score (nSPS) is 13.7. The van der Waals surface area contributed by atoms with E-state index in [0.717, 1.165) is 32.1 Å². The van der Waals surface area contributed by atoms with E-state index in [4.69, 9.17) is 0 Å². The summed E-state index contributed by atoms with van der Waals surface area (Å²) in [6, 6.07) is 0. The van der Waals surface area contributed by atoms with Crippen LogP contribution in [0.15, 0.2) is 0 Å². The Balaban J connectivity index is 2.95. The van der Waals surface area contributed by atoms with Crippen molar-refractivity contribution in [3.63, 3.8) is 0 Å². The first-order valence-electron chi connectivity index (χ1n) is 3.97. The van der Waals surface area contributed by atoms with Gasteiger partial charge >= 0.3 is 0 Å². The molecule has 0 unspecified atom stereocenters. The largest absolute Gasteiger partial charge is 0.233 e. The van der Waals surface area contributed by atoms with Crippen LogP contribution >= 0.6 is 0 Å². The summed E-state index contributed by atoms with van der Waals surface area (Å²) in [5.74, 6) is 0. The van der Waals surface area contributed by atoms with Gasteiger partial charge in [-0.3, -0.25) is 0 Å². The first-order valence-corrected chi connectivity index (χ1v) is 3.97. The summed E-state index contributed by atoms with van der Waals surface area (Å²) in [7, 11) is 0. The van der Waals surface area contributed by atoms with Crippen molar-refractivity contribution in [1.82, 2.24) is 0 Å². The molecule has 0 aromatic rings. The third-order valence-electron chi connectivity index (χ3n) is 1.49. The van der Waals surface area contributed by atoms with Gasteiger partial charge in [-0.2, -0.15) is 0 Å². The molecule has 0 aliphatic carbocycles. The standard InChI is InChI=1S/C8H17O/c1-3-5-7-8(9)6-4-2/h8H,3-7H2,1-2H3/t8-/m1/s1. The van der Waals surface area contributed by atoms with E-state index in [2.05, 4.69) is 13.8 Å². The van der Waals surface area contributed by atoms with Crippen LogP contribution in [0.3, 0.4) is 0 Å². The molecular weight excluding hydrogens is 112 g/mol. The Bertz CT molecular complexity index is 52.5. The lowest BCUT2D eigenvalue weighted by Gasteiger charge is -2.03. The monoisotopic (exact) mass is 129 g/mol. The van der Waals surface area contributed by atoms with Crippen molar-refractivity contribution in [2.75, 3.05) is 0 Å². The average molecular weight is 129 g/mol. The van der Waals surface area contributed by atoms with Crippen LogP contribution in [0, 0.1) is 0 Å². The van der Waals surface area contributed by atoms with E-state index in [0.29, 0.717) is 0 Å². The Morgan fingerprint density at radius 1 is 1.11 bits per heavy atom. The second kappa shape index (κ2) is 6.09. The summed E-state index contributed by atoms with van der Waals surface area (Å²) >= 11 is 0. The summed E-state index contributed by atoms with van der Waals surface area (Å²) in [5, 5.41) is 10.9. The highest BCUT2D eigenvalue weighted by atomic mass is 16.3. The molecule has 1 nitrogen and oxygen atoms in total. The predicted octanol–water partition coefficient (Wildman–Crippen LogP) is 2.78. The molecular formula is C8H17O. The Kier molecular flexibility index (Phi) is 6.06. The highest BCUT2D eigenvalue weighted by molar-refractivity contribution is 4.52. The predicted molar refractivity (Wildman–Crippen MR) is 38.9 cm³/mol. The Morgan fingerprint density at radius 2 is 1.78 bits per heavy atom. The molecule has 0 amide bonds. The second-order valence-electron chi connectivity index (χ2n) is 2.55. The summed E-state index contributed by atoms with van der Waals surface area (Å²) in [6.45, 7) is 4.19. The molecule has 0 N–H and O–H groups in total. The van der Waals surface area contributed by atoms with Gasteiger partial charge in [-0.15, -0.1) is 0 Å². The third-order valence-corrected chi connectivity index (χ3v) is 1.49. The molecule has 1 radical (unpaired) electrons. The lowest BCUT2D eigenvalue weighted by Crippen LogP contribution is -2.02. The SMILES string of the molecule is CCCC[C@H]([O])CCC. The molecule has 0 aromatic carbocycles. The van der Waals surface area contributed by atoms with Crippen LogP contribution in [0.2, 0.25) is 0 Å². The summed E-state index contributed by atoms with van der Waals surface area (Å²) in [6.07, 6.45) is 4.76. The van der Waals surface area contributed by atoms with E-state index >= 15 is 0 Å². The quantitative estimate of drug-likeness (QED) is 0.544. The average Bonchev–Trinajstić information content (AvgIpc) is 1.85. The molecule has 55 valence electrons. The number of rotatable bonds is 5. The Hall–Kier alpha value is -0.0400. The highest BCUT2D eigenvalue weighted by Crippen LogP contribution is 2.05. The molecule has 1 heteroatoms. The lowest BCUT2D eigenvalue weighted by atomic mass is 10.1. The Morgan fingerprint density at radius 3 is 2.22 bits per heavy atom. The molecule has 0 aliphatic rings. The van der Waals surface area contributed by atoms with Gasteiger partial charge in [-0.05, 0) is 12.8 Å². The van der Waals surface area contributed by atoms with Crippen molar-refractivity contribution in [2.45, 2.75) is 52.1 Å². The van der Waals surface area contributed by atoms with E-state index < -0.39 is 0 Å². The molecule has 0 saturated heterocycles. The van der Waals surface area contributed by atoms with Crippen LogP contribution in [0.25, 0.3) is 0 Å². The molecule has 0 aliphatic heterocycles. The molecule has 1 atom stereocenters. The first-order chi connectivity index (χ1) is 4.31. The van der Waals surface area contributed by atoms with Crippen LogP contribution in [0.5, 0.6) is 0 Å². The zero-order valence-corrected chi connectivity index (χ0v) is 6.52. The molecule has 0 bridgehead atoms. The van der Waals surface area contributed by atoms with E-state index in [1.165, 1.54) is 0 Å². The van der Waals surface area contributed by atoms with Gasteiger partial charge in [0.2, 0.25) is 0 Å². The summed E-state index contributed by atoms with van der Waals surface area (Å²) in [5.41, 5.74) is 0. The van der Waals surface area contributed by atoms with Gasteiger partial charge in [0.25, 0.3) is 0 Å². The van der Waals surface area contributed by atoms with E-state index in [1.54, 1.807) is 0 Å². The number of unbranched alkanes of at least 4 members (excludes halogenated alkanes) is 1. The van der Waals surface area contributed by atoms with Crippen molar-refractivity contribution < 1.29 is 5.11 Å². The van der Waals surface area contributed by atoms with Crippen LogP contribution in [-0.4, -0.2) is 6.10 Å². The van der Waals surface area contributed by atoms with E-state index in [9.17, 15) is 5.11 Å². The van der Waals surface area contributed by atoms with E-state index in [1.807, 2.05) is 0 Å².